The largest absolute Gasteiger partial charge is 0.310 e. The molecule has 156 valence electrons. The predicted molar refractivity (Wildman–Crippen MR) is 123 cm³/mol. The maximum Gasteiger partial charge on any atom is 0.243 e. The highest BCUT2D eigenvalue weighted by molar-refractivity contribution is 7.20. The maximum atomic E-state index is 13.8. The second kappa shape index (κ2) is 6.52. The van der Waals surface area contributed by atoms with Crippen LogP contribution in [-0.4, -0.2) is 33.1 Å². The van der Waals surface area contributed by atoms with Crippen LogP contribution in [0.4, 0.5) is 11.5 Å². The van der Waals surface area contributed by atoms with Crippen LogP contribution in [0.3, 0.4) is 0 Å². The van der Waals surface area contributed by atoms with Gasteiger partial charge < -0.3 is 5.32 Å². The summed E-state index contributed by atoms with van der Waals surface area (Å²) in [5.74, 6) is 2.60. The van der Waals surface area contributed by atoms with Gasteiger partial charge in [0.05, 0.1) is 23.0 Å². The van der Waals surface area contributed by atoms with Gasteiger partial charge in [0.1, 0.15) is 11.2 Å². The molecule has 0 fully saturated rings. The van der Waals surface area contributed by atoms with Crippen LogP contribution in [0.25, 0.3) is 15.3 Å². The van der Waals surface area contributed by atoms with Crippen molar-refractivity contribution < 1.29 is 9.59 Å². The van der Waals surface area contributed by atoms with Gasteiger partial charge in [-0.2, -0.15) is 9.78 Å². The molecule has 2 aliphatic rings. The van der Waals surface area contributed by atoms with Crippen molar-refractivity contribution in [2.45, 2.75) is 18.8 Å². The first-order chi connectivity index (χ1) is 15.5. The van der Waals surface area contributed by atoms with E-state index in [1.165, 1.54) is 11.3 Å². The van der Waals surface area contributed by atoms with Gasteiger partial charge in [0.2, 0.25) is 16.9 Å². The lowest BCUT2D eigenvalue weighted by atomic mass is 9.71. The third-order valence-corrected chi connectivity index (χ3v) is 7.15. The van der Waals surface area contributed by atoms with Crippen LogP contribution in [0.5, 0.6) is 0 Å². The molecule has 0 saturated heterocycles. The molecule has 2 amide bonds. The van der Waals surface area contributed by atoms with Crippen molar-refractivity contribution in [3.8, 4) is 17.5 Å². The van der Waals surface area contributed by atoms with Crippen LogP contribution in [0.1, 0.15) is 23.1 Å². The van der Waals surface area contributed by atoms with E-state index in [4.69, 9.17) is 6.42 Å². The Balaban J connectivity index is 1.60. The van der Waals surface area contributed by atoms with Crippen LogP contribution in [-0.2, 0) is 15.0 Å². The van der Waals surface area contributed by atoms with Crippen LogP contribution in [0, 0.1) is 19.3 Å². The van der Waals surface area contributed by atoms with E-state index in [1.807, 2.05) is 49.4 Å². The van der Waals surface area contributed by atoms with E-state index in [0.29, 0.717) is 16.5 Å². The van der Waals surface area contributed by atoms with Crippen molar-refractivity contribution in [3.63, 3.8) is 0 Å². The molecular weight excluding hydrogens is 422 g/mol. The number of fused-ring (bicyclic) bond motifs is 5. The Morgan fingerprint density at radius 1 is 1.22 bits per heavy atom. The Kier molecular flexibility index (Phi) is 3.83. The van der Waals surface area contributed by atoms with E-state index in [2.05, 4.69) is 21.3 Å². The van der Waals surface area contributed by atoms with E-state index in [1.54, 1.807) is 15.8 Å². The van der Waals surface area contributed by atoms with Gasteiger partial charge >= 0.3 is 0 Å². The Hall–Kier alpha value is -3.96. The third kappa shape index (κ3) is 2.37. The van der Waals surface area contributed by atoms with E-state index in [-0.39, 0.29) is 24.8 Å². The molecule has 1 atom stereocenters. The van der Waals surface area contributed by atoms with E-state index < -0.39 is 5.41 Å². The van der Waals surface area contributed by atoms with Crippen molar-refractivity contribution >= 4 is 44.9 Å². The summed E-state index contributed by atoms with van der Waals surface area (Å²) in [4.78, 5) is 33.1. The number of aromatic nitrogens is 3. The lowest BCUT2D eigenvalue weighted by Crippen LogP contribution is -2.46. The minimum Gasteiger partial charge on any atom is -0.310 e. The van der Waals surface area contributed by atoms with Gasteiger partial charge in [-0.15, -0.1) is 6.42 Å². The molecular formula is C24H17N5O2S. The molecule has 8 heteroatoms. The van der Waals surface area contributed by atoms with Crippen LogP contribution >= 0.6 is 11.3 Å². The van der Waals surface area contributed by atoms with Gasteiger partial charge in [0.15, 0.2) is 0 Å². The molecule has 7 nitrogen and oxygen atoms in total. The molecule has 4 heterocycles. The average molecular weight is 440 g/mol. The smallest absolute Gasteiger partial charge is 0.243 e. The number of amides is 2. The van der Waals surface area contributed by atoms with E-state index >= 15 is 0 Å². The van der Waals surface area contributed by atoms with Gasteiger partial charge in [-0.1, -0.05) is 47.1 Å². The number of hydrogen-bond donors (Lipinski definition) is 1. The monoisotopic (exact) mass is 439 g/mol. The molecule has 0 radical (unpaired) electrons. The fourth-order valence-electron chi connectivity index (χ4n) is 4.75. The van der Waals surface area contributed by atoms with Crippen LogP contribution < -0.4 is 10.2 Å². The Bertz CT molecular complexity index is 1460. The molecule has 0 aliphatic carbocycles. The summed E-state index contributed by atoms with van der Waals surface area (Å²) >= 11 is 1.47. The quantitative estimate of drug-likeness (QED) is 0.486. The number of carbonyl (C=O) groups is 2. The maximum absolute atomic E-state index is 13.8. The summed E-state index contributed by atoms with van der Waals surface area (Å²) in [5, 5.41) is 8.11. The van der Waals surface area contributed by atoms with Crippen LogP contribution in [0.2, 0.25) is 0 Å². The molecule has 0 unspecified atom stereocenters. The molecule has 1 spiro atoms. The number of para-hydroxylation sites is 1. The number of nitrogens with one attached hydrogen (secondary N) is 1. The average Bonchev–Trinajstić information content (AvgIpc) is 3.45. The number of terminal acetylenes is 1. The number of carbonyl (C=O) groups excluding carboxylic acids is 2. The zero-order valence-electron chi connectivity index (χ0n) is 17.1. The number of rotatable bonds is 2. The van der Waals surface area contributed by atoms with Crippen LogP contribution in [0.15, 0.2) is 48.7 Å². The summed E-state index contributed by atoms with van der Waals surface area (Å²) in [5.41, 5.74) is 2.89. The summed E-state index contributed by atoms with van der Waals surface area (Å²) in [6.45, 7) is 2.11. The number of hydrogen-bond acceptors (Lipinski definition) is 5. The second-order valence-corrected chi connectivity index (χ2v) is 9.04. The van der Waals surface area contributed by atoms with Crippen molar-refractivity contribution in [2.75, 3.05) is 16.8 Å². The first-order valence-electron chi connectivity index (χ1n) is 10.1. The fourth-order valence-corrected chi connectivity index (χ4v) is 5.68. The molecule has 32 heavy (non-hydrogen) atoms. The van der Waals surface area contributed by atoms with Gasteiger partial charge in [0, 0.05) is 17.7 Å². The third-order valence-electron chi connectivity index (χ3n) is 6.14. The predicted octanol–water partition coefficient (Wildman–Crippen LogP) is 3.40. The highest BCUT2D eigenvalue weighted by Gasteiger charge is 2.57. The molecule has 1 N–H and O–H groups in total. The topological polar surface area (TPSA) is 80.1 Å². The minimum atomic E-state index is -1.16. The molecule has 2 aromatic heterocycles. The summed E-state index contributed by atoms with van der Waals surface area (Å²) < 4.78 is 2.63. The first-order valence-corrected chi connectivity index (χ1v) is 11.0. The Labute approximate surface area is 187 Å². The zero-order valence-corrected chi connectivity index (χ0v) is 17.9. The van der Waals surface area contributed by atoms with Crippen molar-refractivity contribution in [1.29, 1.82) is 0 Å². The highest BCUT2D eigenvalue weighted by Crippen LogP contribution is 2.52. The van der Waals surface area contributed by atoms with Gasteiger partial charge in [0.25, 0.3) is 0 Å². The molecule has 2 aromatic carbocycles. The SMILES string of the molecule is C#CCN1C(=O)[C@@]2(CC(=O)Nc3c2cnn3-c2nc3ccccc3s2)c2cc(C)ccc21. The lowest BCUT2D eigenvalue weighted by molar-refractivity contribution is -0.126. The number of nitrogens with zero attached hydrogens (tertiary/aromatic N) is 4. The summed E-state index contributed by atoms with van der Waals surface area (Å²) in [6.07, 6.45) is 7.24. The molecule has 0 bridgehead atoms. The first kappa shape index (κ1) is 18.8. The van der Waals surface area contributed by atoms with E-state index in [9.17, 15) is 9.59 Å². The summed E-state index contributed by atoms with van der Waals surface area (Å²) in [6, 6.07) is 13.6. The van der Waals surface area contributed by atoms with Gasteiger partial charge in [-0.25, -0.2) is 4.98 Å². The van der Waals surface area contributed by atoms with Gasteiger partial charge in [-0.3, -0.25) is 14.5 Å². The summed E-state index contributed by atoms with van der Waals surface area (Å²) in [7, 11) is 0. The van der Waals surface area contributed by atoms with Crippen molar-refractivity contribution in [3.05, 3.63) is 65.4 Å². The van der Waals surface area contributed by atoms with Crippen molar-refractivity contribution in [2.24, 2.45) is 0 Å². The van der Waals surface area contributed by atoms with E-state index in [0.717, 1.165) is 27.0 Å². The minimum absolute atomic E-state index is 0.00188. The molecule has 0 saturated carbocycles. The standard InChI is InChI=1S/C24H17N5O2S/c1-3-10-28-18-9-8-14(2)11-15(18)24(22(28)31)12-20(30)27-21-16(24)13-25-29(21)23-26-17-6-4-5-7-19(17)32-23/h1,4-9,11,13H,10,12H2,2H3,(H,27,30)/t24-/m0/s1. The Morgan fingerprint density at radius 2 is 2.06 bits per heavy atom. The number of aryl methyl sites for hydroxylation is 1. The molecule has 4 aromatic rings. The zero-order chi connectivity index (χ0) is 22.0. The fraction of sp³-hybridized carbons (Fsp3) is 0.167. The van der Waals surface area contributed by atoms with Crippen molar-refractivity contribution in [1.82, 2.24) is 14.8 Å². The second-order valence-electron chi connectivity index (χ2n) is 8.03. The number of benzene rings is 2. The molecule has 2 aliphatic heterocycles. The normalized spacial score (nSPS) is 19.2. The number of anilines is 2. The highest BCUT2D eigenvalue weighted by atomic mass is 32.1. The Morgan fingerprint density at radius 3 is 2.88 bits per heavy atom. The molecule has 6 rings (SSSR count). The lowest BCUT2D eigenvalue weighted by Gasteiger charge is -2.32. The number of thiazole rings is 1. The van der Waals surface area contributed by atoms with Gasteiger partial charge in [-0.05, 0) is 30.7 Å².